The van der Waals surface area contributed by atoms with Gasteiger partial charge in [0.15, 0.2) is 17.5 Å². The lowest BCUT2D eigenvalue weighted by atomic mass is 9.80. The maximum atomic E-state index is 13.8. The molecule has 2 aliphatic rings. The number of halogens is 3. The quantitative estimate of drug-likeness (QED) is 0.445. The molecule has 12 heteroatoms. The van der Waals surface area contributed by atoms with Crippen molar-refractivity contribution in [3.63, 3.8) is 0 Å². The molecule has 2 aliphatic heterocycles. The molecule has 204 valence electrons. The van der Waals surface area contributed by atoms with Crippen LogP contribution in [0.15, 0.2) is 36.4 Å². The molecule has 0 aliphatic carbocycles. The van der Waals surface area contributed by atoms with Crippen LogP contribution in [0.2, 0.25) is 0 Å². The van der Waals surface area contributed by atoms with Gasteiger partial charge in [-0.15, -0.1) is 0 Å². The molecule has 2 heterocycles. The van der Waals surface area contributed by atoms with Crippen molar-refractivity contribution >= 4 is 35.0 Å². The van der Waals surface area contributed by atoms with E-state index in [-0.39, 0.29) is 31.2 Å². The Kier molecular flexibility index (Phi) is 7.37. The van der Waals surface area contributed by atoms with Crippen molar-refractivity contribution in [2.24, 2.45) is 5.92 Å². The first-order valence-electron chi connectivity index (χ1n) is 12.2. The Bertz CT molecular complexity index is 1390. The Morgan fingerprint density at radius 1 is 1.21 bits per heavy atom. The number of amides is 4. The summed E-state index contributed by atoms with van der Waals surface area (Å²) in [5.41, 5.74) is -0.341. The van der Waals surface area contributed by atoms with Gasteiger partial charge < -0.3 is 20.4 Å². The molecule has 3 atom stereocenters. The van der Waals surface area contributed by atoms with E-state index < -0.39 is 58.4 Å². The molecule has 1 fully saturated rings. The lowest BCUT2D eigenvalue weighted by molar-refractivity contribution is -0.149. The number of likely N-dealkylation sites (N-methyl/N-ethyl adjacent to an activating group) is 1. The Balaban J connectivity index is 1.58. The molecule has 2 aromatic rings. The molecule has 2 aromatic carbocycles. The van der Waals surface area contributed by atoms with Crippen LogP contribution in [0.5, 0.6) is 0 Å². The Morgan fingerprint density at radius 2 is 1.85 bits per heavy atom. The fourth-order valence-corrected chi connectivity index (χ4v) is 5.16. The summed E-state index contributed by atoms with van der Waals surface area (Å²) in [6.07, 6.45) is 0.185. The molecule has 0 aromatic heterocycles. The van der Waals surface area contributed by atoms with Crippen LogP contribution in [-0.4, -0.2) is 59.1 Å². The van der Waals surface area contributed by atoms with Gasteiger partial charge in [-0.2, -0.15) is 5.26 Å². The minimum atomic E-state index is -1.73. The van der Waals surface area contributed by atoms with Crippen LogP contribution in [0.25, 0.3) is 0 Å². The van der Waals surface area contributed by atoms with Crippen LogP contribution in [0, 0.1) is 34.7 Å². The number of benzene rings is 2. The van der Waals surface area contributed by atoms with Gasteiger partial charge in [-0.3, -0.25) is 19.2 Å². The fourth-order valence-electron chi connectivity index (χ4n) is 5.16. The van der Waals surface area contributed by atoms with E-state index in [1.165, 1.54) is 11.9 Å². The molecule has 39 heavy (non-hydrogen) atoms. The number of hydrogen-bond acceptors (Lipinski definition) is 5. The summed E-state index contributed by atoms with van der Waals surface area (Å²) in [6, 6.07) is 8.00. The minimum absolute atomic E-state index is 0.0618. The first-order chi connectivity index (χ1) is 18.4. The molecule has 0 unspecified atom stereocenters. The van der Waals surface area contributed by atoms with Gasteiger partial charge >= 0.3 is 11.8 Å². The first kappa shape index (κ1) is 27.6. The van der Waals surface area contributed by atoms with Crippen LogP contribution >= 0.6 is 0 Å². The zero-order valence-corrected chi connectivity index (χ0v) is 21.4. The summed E-state index contributed by atoms with van der Waals surface area (Å²) in [5, 5.41) is 14.7. The van der Waals surface area contributed by atoms with Crippen LogP contribution < -0.4 is 10.6 Å². The normalized spacial score (nSPS) is 20.4. The summed E-state index contributed by atoms with van der Waals surface area (Å²) >= 11 is 0. The number of nitriles is 1. The molecule has 2 N–H and O–H groups in total. The van der Waals surface area contributed by atoms with E-state index in [0.717, 1.165) is 4.90 Å². The summed E-state index contributed by atoms with van der Waals surface area (Å²) in [5.74, 6) is -8.40. The van der Waals surface area contributed by atoms with Crippen LogP contribution in [0.3, 0.4) is 0 Å². The number of anilines is 2. The van der Waals surface area contributed by atoms with Gasteiger partial charge in [0, 0.05) is 43.5 Å². The number of nitrogens with one attached hydrogen (secondary N) is 2. The molecular formula is C27H26F3N5O4. The van der Waals surface area contributed by atoms with E-state index in [2.05, 4.69) is 11.4 Å². The summed E-state index contributed by atoms with van der Waals surface area (Å²) in [7, 11) is 1.23. The number of para-hydroxylation sites is 1. The highest BCUT2D eigenvalue weighted by molar-refractivity contribution is 6.39. The number of carbonyl (C=O) groups is 4. The number of likely N-dealkylation sites (tertiary alicyclic amines) is 1. The van der Waals surface area contributed by atoms with Crippen molar-refractivity contribution in [3.05, 3.63) is 59.4 Å². The Hall–Kier alpha value is -4.40. The number of nitrogens with zero attached hydrogens (tertiary/aromatic N) is 3. The summed E-state index contributed by atoms with van der Waals surface area (Å²) in [6.45, 7) is 3.51. The molecule has 9 nitrogen and oxygen atoms in total. The highest BCUT2D eigenvalue weighted by Crippen LogP contribution is 2.46. The average Bonchev–Trinajstić information content (AvgIpc) is 3.42. The third-order valence-electron chi connectivity index (χ3n) is 7.12. The highest BCUT2D eigenvalue weighted by Gasteiger charge is 2.56. The van der Waals surface area contributed by atoms with E-state index in [9.17, 15) is 37.6 Å². The molecule has 0 saturated carbocycles. The van der Waals surface area contributed by atoms with E-state index in [0.29, 0.717) is 23.4 Å². The fraction of sp³-hybridized carbons (Fsp3) is 0.370. The molecule has 1 spiro atoms. The molecular weight excluding hydrogens is 515 g/mol. The SMILES string of the molecule is CC(C)C[C@@H](C(=O)N1C[C@]2(C[C@H]1C#N)C(=O)Nc1ccccc12)N(C)C(=O)C(=O)Nc1cc(F)c(F)c(F)c1. The topological polar surface area (TPSA) is 123 Å². The number of hydrogen-bond donors (Lipinski definition) is 2. The van der Waals surface area contributed by atoms with Gasteiger partial charge in [-0.25, -0.2) is 13.2 Å². The standard InChI is InChI=1S/C27H26F3N5O4/c1-14(2)8-21(34(3)25(38)23(36)32-15-9-18(28)22(30)19(29)10-15)24(37)35-13-27(11-16(35)12-31)17-6-4-5-7-20(17)33-26(27)39/h4-7,9-10,14,16,21H,8,11,13H2,1-3H3,(H,32,36)(H,33,39)/t16-,21-,27-/m0/s1. The van der Waals surface area contributed by atoms with E-state index in [1.54, 1.807) is 38.1 Å². The second-order valence-electron chi connectivity index (χ2n) is 10.2. The zero-order chi connectivity index (χ0) is 28.6. The third-order valence-corrected chi connectivity index (χ3v) is 7.12. The van der Waals surface area contributed by atoms with Gasteiger partial charge in [0.2, 0.25) is 11.8 Å². The van der Waals surface area contributed by atoms with Crippen molar-refractivity contribution in [1.82, 2.24) is 9.80 Å². The van der Waals surface area contributed by atoms with Crippen LogP contribution in [0.1, 0.15) is 32.3 Å². The van der Waals surface area contributed by atoms with E-state index in [4.69, 9.17) is 0 Å². The summed E-state index contributed by atoms with van der Waals surface area (Å²) in [4.78, 5) is 54.7. The second-order valence-corrected chi connectivity index (χ2v) is 10.2. The van der Waals surface area contributed by atoms with Gasteiger partial charge in [0.25, 0.3) is 0 Å². The molecule has 4 rings (SSSR count). The van der Waals surface area contributed by atoms with Crippen molar-refractivity contribution < 1.29 is 32.3 Å². The molecule has 1 saturated heterocycles. The predicted molar refractivity (Wildman–Crippen MR) is 133 cm³/mol. The van der Waals surface area contributed by atoms with Gasteiger partial charge in [-0.1, -0.05) is 32.0 Å². The highest BCUT2D eigenvalue weighted by atomic mass is 19.2. The smallest absolute Gasteiger partial charge is 0.313 e. The molecule has 0 bridgehead atoms. The van der Waals surface area contributed by atoms with Gasteiger partial charge in [0.1, 0.15) is 12.1 Å². The third kappa shape index (κ3) is 4.92. The Labute approximate surface area is 222 Å². The van der Waals surface area contributed by atoms with Gasteiger partial charge in [0.05, 0.1) is 11.5 Å². The molecule has 0 radical (unpaired) electrons. The zero-order valence-electron chi connectivity index (χ0n) is 21.4. The van der Waals surface area contributed by atoms with Crippen LogP contribution in [-0.2, 0) is 24.6 Å². The lowest BCUT2D eigenvalue weighted by Gasteiger charge is -2.33. The minimum Gasteiger partial charge on any atom is -0.325 e. The Morgan fingerprint density at radius 3 is 2.46 bits per heavy atom. The number of carbonyl (C=O) groups excluding carboxylic acids is 4. The average molecular weight is 542 g/mol. The van der Waals surface area contributed by atoms with E-state index in [1.807, 2.05) is 5.32 Å². The summed E-state index contributed by atoms with van der Waals surface area (Å²) < 4.78 is 40.3. The maximum Gasteiger partial charge on any atom is 0.313 e. The lowest BCUT2D eigenvalue weighted by Crippen LogP contribution is -2.53. The van der Waals surface area contributed by atoms with Crippen LogP contribution in [0.4, 0.5) is 24.5 Å². The number of rotatable bonds is 5. The van der Waals surface area contributed by atoms with Crippen molar-refractivity contribution in [1.29, 1.82) is 5.26 Å². The number of fused-ring (bicyclic) bond motifs is 2. The predicted octanol–water partition coefficient (Wildman–Crippen LogP) is 2.93. The molecule has 4 amide bonds. The van der Waals surface area contributed by atoms with Gasteiger partial charge in [-0.05, 0) is 24.0 Å². The monoisotopic (exact) mass is 541 g/mol. The second kappa shape index (κ2) is 10.4. The van der Waals surface area contributed by atoms with Crippen molar-refractivity contribution in [2.45, 2.75) is 44.2 Å². The largest absolute Gasteiger partial charge is 0.325 e. The van der Waals surface area contributed by atoms with Crippen molar-refractivity contribution in [2.75, 3.05) is 24.2 Å². The van der Waals surface area contributed by atoms with Crippen molar-refractivity contribution in [3.8, 4) is 6.07 Å². The maximum absolute atomic E-state index is 13.8. The first-order valence-corrected chi connectivity index (χ1v) is 12.2. The van der Waals surface area contributed by atoms with E-state index >= 15 is 0 Å².